The fraction of sp³-hybridized carbons (Fsp3) is 0.222. The van der Waals surface area contributed by atoms with Gasteiger partial charge in [-0.25, -0.2) is 4.98 Å². The molecule has 0 aliphatic heterocycles. The maximum Gasteiger partial charge on any atom is 0.233 e. The van der Waals surface area contributed by atoms with Gasteiger partial charge in [-0.05, 0) is 31.2 Å². The summed E-state index contributed by atoms with van der Waals surface area (Å²) in [6.07, 6.45) is 0.671. The number of hydrogen-bond acceptors (Lipinski definition) is 3. The molecule has 3 rings (SSSR count). The summed E-state index contributed by atoms with van der Waals surface area (Å²) in [5.74, 6) is 0.874. The summed E-state index contributed by atoms with van der Waals surface area (Å²) >= 11 is 7.59. The Kier molecular flexibility index (Phi) is 5.43. The maximum absolute atomic E-state index is 12.2. The molecule has 0 spiro atoms. The molecule has 2 N–H and O–H groups in total. The van der Waals surface area contributed by atoms with Gasteiger partial charge in [-0.3, -0.25) is 4.79 Å². The number of H-pyrrole nitrogens is 1. The van der Waals surface area contributed by atoms with Crippen LogP contribution in [0.1, 0.15) is 12.7 Å². The van der Waals surface area contributed by atoms with E-state index in [0.717, 1.165) is 21.8 Å². The van der Waals surface area contributed by atoms with Crippen molar-refractivity contribution in [3.8, 4) is 0 Å². The van der Waals surface area contributed by atoms with Gasteiger partial charge in [0.25, 0.3) is 0 Å². The number of nitrogens with one attached hydrogen (secondary N) is 2. The van der Waals surface area contributed by atoms with Crippen LogP contribution in [0.25, 0.3) is 11.0 Å². The molecule has 1 heterocycles. The molecule has 4 nitrogen and oxygen atoms in total. The SMILES string of the molecule is CC(Sc1ccccc1Cl)C(=O)NCCc1nc2ccccc2[nH]1. The molecule has 0 bridgehead atoms. The highest BCUT2D eigenvalue weighted by Gasteiger charge is 2.15. The molecule has 124 valence electrons. The highest BCUT2D eigenvalue weighted by atomic mass is 35.5. The fourth-order valence-electron chi connectivity index (χ4n) is 2.36. The Hall–Kier alpha value is -1.98. The lowest BCUT2D eigenvalue weighted by Gasteiger charge is -2.12. The van der Waals surface area contributed by atoms with Crippen LogP contribution >= 0.6 is 23.4 Å². The Morgan fingerprint density at radius 2 is 2.00 bits per heavy atom. The second kappa shape index (κ2) is 7.73. The third-order valence-corrected chi connectivity index (χ3v) is 5.23. The lowest BCUT2D eigenvalue weighted by atomic mass is 10.3. The Balaban J connectivity index is 1.50. The molecule has 1 unspecified atom stereocenters. The van der Waals surface area contributed by atoms with Crippen LogP contribution in [0.4, 0.5) is 0 Å². The average Bonchev–Trinajstić information content (AvgIpc) is 2.99. The second-order valence-corrected chi connectivity index (χ2v) is 7.22. The number of nitrogens with zero attached hydrogens (tertiary/aromatic N) is 1. The zero-order valence-electron chi connectivity index (χ0n) is 13.3. The molecule has 0 aliphatic rings. The van der Waals surface area contributed by atoms with Gasteiger partial charge in [0.15, 0.2) is 0 Å². The quantitative estimate of drug-likeness (QED) is 0.652. The number of rotatable bonds is 6. The molecule has 0 saturated carbocycles. The minimum absolute atomic E-state index is 0.00368. The number of aromatic nitrogens is 2. The lowest BCUT2D eigenvalue weighted by Crippen LogP contribution is -2.32. The van der Waals surface area contributed by atoms with Crippen molar-refractivity contribution >= 4 is 40.3 Å². The summed E-state index contributed by atoms with van der Waals surface area (Å²) in [4.78, 5) is 20.9. The largest absolute Gasteiger partial charge is 0.355 e. The van der Waals surface area contributed by atoms with E-state index in [0.29, 0.717) is 18.0 Å². The van der Waals surface area contributed by atoms with E-state index in [9.17, 15) is 4.79 Å². The first-order valence-corrected chi connectivity index (χ1v) is 9.02. The number of benzene rings is 2. The van der Waals surface area contributed by atoms with Crippen LogP contribution in [0.5, 0.6) is 0 Å². The molecule has 1 amide bonds. The highest BCUT2D eigenvalue weighted by Crippen LogP contribution is 2.29. The zero-order valence-corrected chi connectivity index (χ0v) is 14.8. The molecule has 0 saturated heterocycles. The maximum atomic E-state index is 12.2. The second-order valence-electron chi connectivity index (χ2n) is 5.43. The van der Waals surface area contributed by atoms with Crippen LogP contribution in [-0.4, -0.2) is 27.7 Å². The number of amides is 1. The average molecular weight is 360 g/mol. The van der Waals surface area contributed by atoms with Gasteiger partial charge in [0.2, 0.25) is 5.91 Å². The highest BCUT2D eigenvalue weighted by molar-refractivity contribution is 8.00. The zero-order chi connectivity index (χ0) is 16.9. The molecule has 1 atom stereocenters. The predicted octanol–water partition coefficient (Wildman–Crippen LogP) is 4.06. The first-order chi connectivity index (χ1) is 11.6. The standard InChI is InChI=1S/C18H18ClN3OS/c1-12(24-16-9-5-2-6-13(16)19)18(23)20-11-10-17-21-14-7-3-4-8-15(14)22-17/h2-9,12H,10-11H2,1H3,(H,20,23)(H,21,22). The van der Waals surface area contributed by atoms with Gasteiger partial charge in [-0.15, -0.1) is 11.8 Å². The topological polar surface area (TPSA) is 57.8 Å². The van der Waals surface area contributed by atoms with Crippen molar-refractivity contribution in [1.82, 2.24) is 15.3 Å². The van der Waals surface area contributed by atoms with Crippen molar-refractivity contribution in [2.75, 3.05) is 6.54 Å². The summed E-state index contributed by atoms with van der Waals surface area (Å²) in [7, 11) is 0. The van der Waals surface area contributed by atoms with Gasteiger partial charge in [0.05, 0.1) is 21.3 Å². The van der Waals surface area contributed by atoms with Crippen molar-refractivity contribution < 1.29 is 4.79 Å². The number of aromatic amines is 1. The van der Waals surface area contributed by atoms with E-state index in [1.54, 1.807) is 0 Å². The normalized spacial score (nSPS) is 12.2. The van der Waals surface area contributed by atoms with E-state index in [-0.39, 0.29) is 11.2 Å². The third kappa shape index (κ3) is 4.10. The van der Waals surface area contributed by atoms with Crippen LogP contribution < -0.4 is 5.32 Å². The third-order valence-electron chi connectivity index (χ3n) is 3.61. The van der Waals surface area contributed by atoms with Gasteiger partial charge in [-0.2, -0.15) is 0 Å². The first-order valence-electron chi connectivity index (χ1n) is 7.76. The molecule has 0 radical (unpaired) electrons. The summed E-state index contributed by atoms with van der Waals surface area (Å²) in [5.41, 5.74) is 1.96. The molecule has 24 heavy (non-hydrogen) atoms. The van der Waals surface area contributed by atoms with Crippen molar-refractivity contribution in [2.24, 2.45) is 0 Å². The lowest BCUT2D eigenvalue weighted by molar-refractivity contribution is -0.120. The number of carbonyl (C=O) groups is 1. The van der Waals surface area contributed by atoms with Crippen molar-refractivity contribution in [1.29, 1.82) is 0 Å². The molecule has 2 aromatic carbocycles. The first kappa shape index (κ1) is 16.9. The Morgan fingerprint density at radius 3 is 2.79 bits per heavy atom. The minimum atomic E-state index is -0.208. The van der Waals surface area contributed by atoms with E-state index in [1.165, 1.54) is 11.8 Å². The van der Waals surface area contributed by atoms with Crippen molar-refractivity contribution in [3.05, 3.63) is 59.4 Å². The number of halogens is 1. The monoisotopic (exact) mass is 359 g/mol. The van der Waals surface area contributed by atoms with Gasteiger partial charge < -0.3 is 10.3 Å². The Bertz CT molecular complexity index is 816. The molecule has 0 aliphatic carbocycles. The minimum Gasteiger partial charge on any atom is -0.355 e. The summed E-state index contributed by atoms with van der Waals surface area (Å²) in [6, 6.07) is 15.4. The van der Waals surface area contributed by atoms with Crippen LogP contribution in [-0.2, 0) is 11.2 Å². The number of para-hydroxylation sites is 2. The van der Waals surface area contributed by atoms with Gasteiger partial charge in [0, 0.05) is 17.9 Å². The number of thioether (sulfide) groups is 1. The van der Waals surface area contributed by atoms with Gasteiger partial charge in [-0.1, -0.05) is 35.9 Å². The Labute approximate surface area is 150 Å². The molecule has 6 heteroatoms. The van der Waals surface area contributed by atoms with Crippen LogP contribution in [0.3, 0.4) is 0 Å². The van der Waals surface area contributed by atoms with E-state index < -0.39 is 0 Å². The fourth-order valence-corrected chi connectivity index (χ4v) is 3.53. The number of hydrogen-bond donors (Lipinski definition) is 2. The smallest absolute Gasteiger partial charge is 0.233 e. The van der Waals surface area contributed by atoms with Gasteiger partial charge >= 0.3 is 0 Å². The molecule has 0 fully saturated rings. The van der Waals surface area contributed by atoms with Crippen molar-refractivity contribution in [3.63, 3.8) is 0 Å². The number of carbonyl (C=O) groups excluding carboxylic acids is 1. The van der Waals surface area contributed by atoms with E-state index in [1.807, 2.05) is 55.5 Å². The van der Waals surface area contributed by atoms with E-state index in [4.69, 9.17) is 11.6 Å². The van der Waals surface area contributed by atoms with Crippen LogP contribution in [0.2, 0.25) is 5.02 Å². The predicted molar refractivity (Wildman–Crippen MR) is 99.6 cm³/mol. The van der Waals surface area contributed by atoms with Crippen molar-refractivity contribution in [2.45, 2.75) is 23.5 Å². The molecular weight excluding hydrogens is 342 g/mol. The summed E-state index contributed by atoms with van der Waals surface area (Å²) < 4.78 is 0. The van der Waals surface area contributed by atoms with Crippen LogP contribution in [0, 0.1) is 0 Å². The van der Waals surface area contributed by atoms with Gasteiger partial charge in [0.1, 0.15) is 5.82 Å². The summed E-state index contributed by atoms with van der Waals surface area (Å²) in [6.45, 7) is 2.43. The van der Waals surface area contributed by atoms with E-state index in [2.05, 4.69) is 15.3 Å². The Morgan fingerprint density at radius 1 is 1.25 bits per heavy atom. The number of fused-ring (bicyclic) bond motifs is 1. The molecule has 1 aromatic heterocycles. The number of imidazole rings is 1. The molecule has 3 aromatic rings. The molecular formula is C18H18ClN3OS. The summed E-state index contributed by atoms with van der Waals surface area (Å²) in [5, 5.41) is 3.42. The van der Waals surface area contributed by atoms with Crippen LogP contribution in [0.15, 0.2) is 53.4 Å². The van der Waals surface area contributed by atoms with E-state index >= 15 is 0 Å².